The first-order chi connectivity index (χ1) is 24.3. The van der Waals surface area contributed by atoms with Gasteiger partial charge in [-0.2, -0.15) is 5.10 Å². The Balaban J connectivity index is 1.61. The van der Waals surface area contributed by atoms with E-state index in [1.54, 1.807) is 19.1 Å². The van der Waals surface area contributed by atoms with Gasteiger partial charge in [0.15, 0.2) is 0 Å². The summed E-state index contributed by atoms with van der Waals surface area (Å²) in [5.74, 6) is -4.91. The van der Waals surface area contributed by atoms with Crippen LogP contribution in [-0.4, -0.2) is 119 Å². The molecule has 51 heavy (non-hydrogen) atoms. The molecule has 17 heteroatoms. The molecular formula is C34H44N4O13. The average molecular weight is 717 g/mol. The molecule has 0 unspecified atom stereocenters. The second-order valence-electron chi connectivity index (χ2n) is 12.4. The molecule has 0 bridgehead atoms. The van der Waals surface area contributed by atoms with Gasteiger partial charge in [-0.1, -0.05) is 12.1 Å². The van der Waals surface area contributed by atoms with Gasteiger partial charge in [-0.25, -0.2) is 5.43 Å². The van der Waals surface area contributed by atoms with E-state index in [2.05, 4.69) is 15.8 Å². The Labute approximate surface area is 294 Å². The maximum absolute atomic E-state index is 13.4. The minimum atomic E-state index is -1.44. The number of hydrogen-bond acceptors (Lipinski definition) is 11. The SMILES string of the molecule is C/C(=N\NC(=O)C1CCC(CN2C(=O)C=CC2=O)CC1)c1ccc(C(=O)NC(COCCC(=O)O)(COCCC(=O)O)COCCC(=O)O)cc1. The van der Waals surface area contributed by atoms with E-state index >= 15 is 0 Å². The maximum atomic E-state index is 13.4. The number of imide groups is 1. The van der Waals surface area contributed by atoms with E-state index < -0.39 is 29.4 Å². The third-order valence-electron chi connectivity index (χ3n) is 8.35. The molecule has 17 nitrogen and oxygen atoms in total. The van der Waals surface area contributed by atoms with Gasteiger partial charge >= 0.3 is 17.9 Å². The van der Waals surface area contributed by atoms with Crippen molar-refractivity contribution in [1.29, 1.82) is 0 Å². The Morgan fingerprint density at radius 2 is 1.22 bits per heavy atom. The zero-order valence-corrected chi connectivity index (χ0v) is 28.3. The van der Waals surface area contributed by atoms with E-state index in [-0.39, 0.29) is 94.0 Å². The van der Waals surface area contributed by atoms with E-state index in [1.165, 1.54) is 29.2 Å². The lowest BCUT2D eigenvalue weighted by atomic mass is 9.81. The van der Waals surface area contributed by atoms with Crippen LogP contribution in [0.5, 0.6) is 0 Å². The number of carbonyl (C=O) groups is 7. The van der Waals surface area contributed by atoms with Crippen LogP contribution >= 0.6 is 0 Å². The number of nitrogens with one attached hydrogen (secondary N) is 2. The number of rotatable bonds is 22. The minimum Gasteiger partial charge on any atom is -0.481 e. The molecular weight excluding hydrogens is 672 g/mol. The normalized spacial score (nSPS) is 17.7. The Morgan fingerprint density at radius 3 is 1.67 bits per heavy atom. The highest BCUT2D eigenvalue weighted by atomic mass is 16.5. The summed E-state index contributed by atoms with van der Waals surface area (Å²) in [6.45, 7) is 0.557. The predicted molar refractivity (Wildman–Crippen MR) is 178 cm³/mol. The van der Waals surface area contributed by atoms with Crippen LogP contribution in [0.4, 0.5) is 0 Å². The highest BCUT2D eigenvalue weighted by Crippen LogP contribution is 2.30. The van der Waals surface area contributed by atoms with Crippen LogP contribution in [-0.2, 0) is 43.0 Å². The van der Waals surface area contributed by atoms with Gasteiger partial charge in [-0.3, -0.25) is 38.5 Å². The molecule has 0 radical (unpaired) electrons. The number of benzene rings is 1. The number of carbonyl (C=O) groups excluding carboxylic acids is 4. The lowest BCUT2D eigenvalue weighted by Crippen LogP contribution is -2.58. The molecule has 1 heterocycles. The van der Waals surface area contributed by atoms with E-state index in [0.29, 0.717) is 43.5 Å². The number of aliphatic carboxylic acids is 3. The van der Waals surface area contributed by atoms with Crippen LogP contribution < -0.4 is 10.7 Å². The Hall–Kier alpha value is -5.00. The molecule has 1 fully saturated rings. The molecule has 5 N–H and O–H groups in total. The van der Waals surface area contributed by atoms with E-state index in [9.17, 15) is 33.6 Å². The van der Waals surface area contributed by atoms with Crippen LogP contribution in [0.3, 0.4) is 0 Å². The largest absolute Gasteiger partial charge is 0.481 e. The van der Waals surface area contributed by atoms with Crippen LogP contribution in [0.2, 0.25) is 0 Å². The van der Waals surface area contributed by atoms with Gasteiger partial charge in [0.05, 0.1) is 64.6 Å². The van der Waals surface area contributed by atoms with Crippen molar-refractivity contribution in [3.63, 3.8) is 0 Å². The first-order valence-electron chi connectivity index (χ1n) is 16.5. The molecule has 1 aromatic rings. The van der Waals surface area contributed by atoms with Crippen molar-refractivity contribution in [3.05, 3.63) is 47.5 Å². The fourth-order valence-corrected chi connectivity index (χ4v) is 5.46. The summed E-state index contributed by atoms with van der Waals surface area (Å²) >= 11 is 0. The molecule has 1 aliphatic carbocycles. The Morgan fingerprint density at radius 1 is 0.765 bits per heavy atom. The van der Waals surface area contributed by atoms with Crippen molar-refractivity contribution in [2.45, 2.75) is 57.4 Å². The number of ether oxygens (including phenoxy) is 3. The van der Waals surface area contributed by atoms with Gasteiger partial charge in [0.2, 0.25) is 5.91 Å². The molecule has 1 aliphatic heterocycles. The van der Waals surface area contributed by atoms with E-state index in [0.717, 1.165) is 0 Å². The minimum absolute atomic E-state index is 0.131. The Bertz CT molecular complexity index is 1410. The van der Waals surface area contributed by atoms with Gasteiger partial charge in [0.25, 0.3) is 17.7 Å². The first-order valence-corrected chi connectivity index (χ1v) is 16.5. The molecule has 278 valence electrons. The van der Waals surface area contributed by atoms with Crippen molar-refractivity contribution >= 4 is 47.2 Å². The topological polar surface area (TPSA) is 248 Å². The number of nitrogens with zero attached hydrogens (tertiary/aromatic N) is 2. The van der Waals surface area contributed by atoms with Crippen LogP contribution in [0.1, 0.15) is 67.8 Å². The van der Waals surface area contributed by atoms with Gasteiger partial charge in [0.1, 0.15) is 5.54 Å². The monoisotopic (exact) mass is 716 g/mol. The van der Waals surface area contributed by atoms with Crippen molar-refractivity contribution < 1.29 is 63.1 Å². The zero-order valence-electron chi connectivity index (χ0n) is 28.3. The van der Waals surface area contributed by atoms with Gasteiger partial charge < -0.3 is 34.8 Å². The fraction of sp³-hybridized carbons (Fsp3) is 0.529. The van der Waals surface area contributed by atoms with Crippen LogP contribution in [0.15, 0.2) is 41.5 Å². The Kier molecular flexibility index (Phi) is 15.9. The van der Waals surface area contributed by atoms with Crippen molar-refractivity contribution in [2.24, 2.45) is 16.9 Å². The predicted octanol–water partition coefficient (Wildman–Crippen LogP) is 1.20. The molecule has 1 aromatic carbocycles. The van der Waals surface area contributed by atoms with Gasteiger partial charge in [-0.05, 0) is 56.2 Å². The number of hydrogen-bond donors (Lipinski definition) is 5. The maximum Gasteiger partial charge on any atom is 0.305 e. The van der Waals surface area contributed by atoms with Crippen molar-refractivity contribution in [1.82, 2.24) is 15.6 Å². The standard InChI is InChI=1S/C34H44N4O13/c1-22(36-37-33(48)26-4-2-23(3-5-26)18-38-27(39)10-11-28(38)40)24-6-8-25(9-7-24)32(47)35-34(19-49-15-12-29(41)42,20-50-16-13-30(43)44)21-51-17-14-31(45)46/h6-11,23,26H,2-5,12-21H2,1H3,(H,35,47)(H,37,48)(H,41,42)(H,43,44)(H,45,46)/b36-22+. The average Bonchev–Trinajstić information content (AvgIpc) is 3.41. The quantitative estimate of drug-likeness (QED) is 0.0491. The highest BCUT2D eigenvalue weighted by Gasteiger charge is 2.35. The van der Waals surface area contributed by atoms with Crippen LogP contribution in [0.25, 0.3) is 0 Å². The van der Waals surface area contributed by atoms with Gasteiger partial charge in [-0.15, -0.1) is 0 Å². The summed E-state index contributed by atoms with van der Waals surface area (Å²) < 4.78 is 16.5. The summed E-state index contributed by atoms with van der Waals surface area (Å²) in [5, 5.41) is 33.9. The molecule has 0 spiro atoms. The third-order valence-corrected chi connectivity index (χ3v) is 8.35. The molecule has 4 amide bonds. The molecule has 2 aliphatic rings. The number of carboxylic acids is 3. The van der Waals surface area contributed by atoms with Crippen LogP contribution in [0, 0.1) is 11.8 Å². The van der Waals surface area contributed by atoms with E-state index in [4.69, 9.17) is 29.5 Å². The second-order valence-corrected chi connectivity index (χ2v) is 12.4. The molecule has 0 aromatic heterocycles. The molecule has 3 rings (SSSR count). The highest BCUT2D eigenvalue weighted by molar-refractivity contribution is 6.12. The van der Waals surface area contributed by atoms with E-state index in [1.807, 2.05) is 0 Å². The molecule has 0 saturated heterocycles. The number of amides is 4. The lowest BCUT2D eigenvalue weighted by Gasteiger charge is -2.34. The summed E-state index contributed by atoms with van der Waals surface area (Å²) in [4.78, 5) is 84.1. The summed E-state index contributed by atoms with van der Waals surface area (Å²) in [7, 11) is 0. The van der Waals surface area contributed by atoms with Gasteiger partial charge in [0, 0.05) is 30.2 Å². The zero-order chi connectivity index (χ0) is 37.4. The lowest BCUT2D eigenvalue weighted by molar-refractivity contribution is -0.140. The summed E-state index contributed by atoms with van der Waals surface area (Å²) in [6, 6.07) is 6.28. The fourth-order valence-electron chi connectivity index (χ4n) is 5.46. The molecule has 1 saturated carbocycles. The summed E-state index contributed by atoms with van der Waals surface area (Å²) in [5.41, 5.74) is 2.45. The van der Waals surface area contributed by atoms with Crippen molar-refractivity contribution in [2.75, 3.05) is 46.2 Å². The summed E-state index contributed by atoms with van der Waals surface area (Å²) in [6.07, 6.45) is 4.13. The third kappa shape index (κ3) is 13.7. The molecule has 0 atom stereocenters. The smallest absolute Gasteiger partial charge is 0.305 e. The number of carboxylic acid groups (broad SMARTS) is 3. The second kappa shape index (κ2) is 20.0. The number of hydrazone groups is 1. The first kappa shape index (κ1) is 40.4. The van der Waals surface area contributed by atoms with Crippen molar-refractivity contribution in [3.8, 4) is 0 Å².